The molecular formula is C20H22Cl2N4O3S. The summed E-state index contributed by atoms with van der Waals surface area (Å²) in [5.41, 5.74) is 3.70. The van der Waals surface area contributed by atoms with E-state index in [4.69, 9.17) is 27.9 Å². The lowest BCUT2D eigenvalue weighted by Gasteiger charge is -2.29. The van der Waals surface area contributed by atoms with Crippen LogP contribution in [-0.4, -0.2) is 50.5 Å². The molecule has 10 heteroatoms. The number of rotatable bonds is 5. The zero-order valence-electron chi connectivity index (χ0n) is 16.7. The van der Waals surface area contributed by atoms with Crippen molar-refractivity contribution in [2.24, 2.45) is 0 Å². The number of aromatic nitrogens is 2. The summed E-state index contributed by atoms with van der Waals surface area (Å²) >= 11 is 12.4. The number of imidazole rings is 1. The average molecular weight is 469 g/mol. The van der Waals surface area contributed by atoms with Gasteiger partial charge in [0.05, 0.1) is 37.2 Å². The third kappa shape index (κ3) is 4.51. The van der Waals surface area contributed by atoms with Crippen LogP contribution in [0.2, 0.25) is 10.0 Å². The normalized spacial score (nSPS) is 15.0. The summed E-state index contributed by atoms with van der Waals surface area (Å²) in [6.07, 6.45) is 1.14. The van der Waals surface area contributed by atoms with Gasteiger partial charge in [0, 0.05) is 28.8 Å². The topological polar surface area (TPSA) is 76.5 Å². The molecule has 2 heterocycles. The first-order valence-corrected chi connectivity index (χ1v) is 12.1. The number of morpholine rings is 1. The van der Waals surface area contributed by atoms with E-state index in [2.05, 4.69) is 14.6 Å². The van der Waals surface area contributed by atoms with Crippen LogP contribution in [0.1, 0.15) is 11.4 Å². The van der Waals surface area contributed by atoms with Gasteiger partial charge in [0.1, 0.15) is 11.3 Å². The third-order valence-corrected chi connectivity index (χ3v) is 6.22. The van der Waals surface area contributed by atoms with E-state index in [0.29, 0.717) is 41.0 Å². The van der Waals surface area contributed by atoms with Crippen LogP contribution in [-0.2, 0) is 21.3 Å². The van der Waals surface area contributed by atoms with Crippen molar-refractivity contribution in [3.05, 3.63) is 51.8 Å². The van der Waals surface area contributed by atoms with Gasteiger partial charge in [-0.05, 0) is 36.8 Å². The van der Waals surface area contributed by atoms with Gasteiger partial charge >= 0.3 is 0 Å². The molecule has 4 rings (SSSR count). The molecule has 0 atom stereocenters. The van der Waals surface area contributed by atoms with Crippen LogP contribution in [0.25, 0.3) is 11.0 Å². The van der Waals surface area contributed by atoms with Crippen molar-refractivity contribution in [3.8, 4) is 0 Å². The molecule has 2 aromatic carbocycles. The molecule has 0 unspecified atom stereocenters. The van der Waals surface area contributed by atoms with Gasteiger partial charge in [-0.1, -0.05) is 29.3 Å². The fraction of sp³-hybridized carbons (Fsp3) is 0.350. The Bertz CT molecular complexity index is 1200. The molecule has 1 aliphatic rings. The number of sulfonamides is 1. The van der Waals surface area contributed by atoms with Crippen LogP contribution in [0.15, 0.2) is 30.3 Å². The van der Waals surface area contributed by atoms with Crippen LogP contribution in [0, 0.1) is 6.92 Å². The van der Waals surface area contributed by atoms with E-state index in [1.807, 2.05) is 29.7 Å². The molecule has 1 aliphatic heterocycles. The zero-order chi connectivity index (χ0) is 21.5. The lowest BCUT2D eigenvalue weighted by atomic mass is 10.2. The quantitative estimate of drug-likeness (QED) is 0.614. The first kappa shape index (κ1) is 21.2. The molecule has 3 aromatic rings. The van der Waals surface area contributed by atoms with Crippen LogP contribution in [0.5, 0.6) is 0 Å². The van der Waals surface area contributed by atoms with Crippen LogP contribution in [0.4, 0.5) is 11.4 Å². The number of anilines is 2. The van der Waals surface area contributed by atoms with Gasteiger partial charge in [0.2, 0.25) is 10.0 Å². The maximum absolute atomic E-state index is 12.0. The van der Waals surface area contributed by atoms with Crippen molar-refractivity contribution in [1.29, 1.82) is 0 Å². The first-order chi connectivity index (χ1) is 14.2. The lowest BCUT2D eigenvalue weighted by Crippen LogP contribution is -2.36. The smallest absolute Gasteiger partial charge is 0.229 e. The van der Waals surface area contributed by atoms with Gasteiger partial charge < -0.3 is 14.2 Å². The minimum Gasteiger partial charge on any atom is -0.378 e. The first-order valence-electron chi connectivity index (χ1n) is 9.46. The lowest BCUT2D eigenvalue weighted by molar-refractivity contribution is 0.122. The van der Waals surface area contributed by atoms with Gasteiger partial charge in [-0.15, -0.1) is 0 Å². The second-order valence-electron chi connectivity index (χ2n) is 7.32. The van der Waals surface area contributed by atoms with Crippen molar-refractivity contribution in [3.63, 3.8) is 0 Å². The Morgan fingerprint density at radius 2 is 1.90 bits per heavy atom. The number of hydrogen-bond donors (Lipinski definition) is 1. The molecule has 30 heavy (non-hydrogen) atoms. The number of halogens is 2. The number of fused-ring (bicyclic) bond motifs is 1. The Morgan fingerprint density at radius 3 is 2.57 bits per heavy atom. The summed E-state index contributed by atoms with van der Waals surface area (Å²) < 4.78 is 34.1. The second kappa shape index (κ2) is 8.26. The fourth-order valence-electron chi connectivity index (χ4n) is 3.63. The summed E-state index contributed by atoms with van der Waals surface area (Å²) in [6.45, 7) is 5.11. The highest BCUT2D eigenvalue weighted by atomic mass is 35.5. The molecule has 0 bridgehead atoms. The van der Waals surface area contributed by atoms with Gasteiger partial charge in [0.25, 0.3) is 0 Å². The van der Waals surface area contributed by atoms with Crippen LogP contribution in [0.3, 0.4) is 0 Å². The van der Waals surface area contributed by atoms with E-state index in [-0.39, 0.29) is 0 Å². The number of nitrogens with zero attached hydrogens (tertiary/aromatic N) is 3. The van der Waals surface area contributed by atoms with Crippen molar-refractivity contribution in [1.82, 2.24) is 9.55 Å². The Kier molecular flexibility index (Phi) is 5.85. The van der Waals surface area contributed by atoms with Crippen molar-refractivity contribution >= 4 is 55.6 Å². The number of ether oxygens (including phenoxy) is 1. The predicted octanol–water partition coefficient (Wildman–Crippen LogP) is 3.91. The number of hydrogen-bond acceptors (Lipinski definition) is 5. The average Bonchev–Trinajstić information content (AvgIpc) is 2.99. The van der Waals surface area contributed by atoms with Crippen LogP contribution < -0.4 is 9.62 Å². The molecular weight excluding hydrogens is 447 g/mol. The van der Waals surface area contributed by atoms with E-state index >= 15 is 0 Å². The van der Waals surface area contributed by atoms with E-state index < -0.39 is 10.0 Å². The van der Waals surface area contributed by atoms with Gasteiger partial charge in [-0.25, -0.2) is 13.4 Å². The molecule has 0 aliphatic carbocycles. The molecule has 1 aromatic heterocycles. The van der Waals surface area contributed by atoms with Gasteiger partial charge in [-0.2, -0.15) is 0 Å². The predicted molar refractivity (Wildman–Crippen MR) is 122 cm³/mol. The Hall–Kier alpha value is -2.00. The monoisotopic (exact) mass is 468 g/mol. The highest BCUT2D eigenvalue weighted by Crippen LogP contribution is 2.33. The Labute approximate surface area is 185 Å². The molecule has 7 nitrogen and oxygen atoms in total. The van der Waals surface area contributed by atoms with Crippen molar-refractivity contribution in [2.45, 2.75) is 13.5 Å². The number of aryl methyl sites for hydroxylation is 1. The molecule has 160 valence electrons. The molecule has 0 spiro atoms. The standard InChI is InChI=1S/C20H22Cl2N4O3S/c1-13-23-20-18(24-30(2,27)28)10-16(25-5-7-29-8-6-25)11-19(20)26(13)12-14-3-4-15(21)9-17(14)22/h3-4,9-11,24H,5-8,12H2,1-2H3. The van der Waals surface area contributed by atoms with E-state index in [1.165, 1.54) is 0 Å². The van der Waals surface area contributed by atoms with E-state index in [9.17, 15) is 8.42 Å². The SMILES string of the molecule is Cc1nc2c(NS(C)(=O)=O)cc(N3CCOCC3)cc2n1Cc1ccc(Cl)cc1Cl. The summed E-state index contributed by atoms with van der Waals surface area (Å²) in [7, 11) is -3.47. The molecule has 1 N–H and O–H groups in total. The largest absolute Gasteiger partial charge is 0.378 e. The maximum Gasteiger partial charge on any atom is 0.229 e. The maximum atomic E-state index is 12.0. The highest BCUT2D eigenvalue weighted by Gasteiger charge is 2.20. The molecule has 0 amide bonds. The third-order valence-electron chi connectivity index (χ3n) is 5.04. The summed E-state index contributed by atoms with van der Waals surface area (Å²) in [4.78, 5) is 6.83. The van der Waals surface area contributed by atoms with Gasteiger partial charge in [-0.3, -0.25) is 4.72 Å². The van der Waals surface area contributed by atoms with Crippen LogP contribution >= 0.6 is 23.2 Å². The Balaban J connectivity index is 1.85. The second-order valence-corrected chi connectivity index (χ2v) is 9.91. The number of benzene rings is 2. The molecule has 0 saturated carbocycles. The summed E-state index contributed by atoms with van der Waals surface area (Å²) in [5, 5.41) is 1.15. The van der Waals surface area contributed by atoms with E-state index in [0.717, 1.165) is 41.9 Å². The van der Waals surface area contributed by atoms with Gasteiger partial charge in [0.15, 0.2) is 0 Å². The molecule has 1 saturated heterocycles. The Morgan fingerprint density at radius 1 is 1.17 bits per heavy atom. The fourth-order valence-corrected chi connectivity index (χ4v) is 4.65. The minimum absolute atomic E-state index is 0.459. The number of nitrogens with one attached hydrogen (secondary N) is 1. The minimum atomic E-state index is -3.47. The summed E-state index contributed by atoms with van der Waals surface area (Å²) in [6, 6.07) is 9.27. The van der Waals surface area contributed by atoms with E-state index in [1.54, 1.807) is 12.1 Å². The highest BCUT2D eigenvalue weighted by molar-refractivity contribution is 7.92. The molecule has 1 fully saturated rings. The van der Waals surface area contributed by atoms with Crippen molar-refractivity contribution in [2.75, 3.05) is 42.2 Å². The van der Waals surface area contributed by atoms with Crippen molar-refractivity contribution < 1.29 is 13.2 Å². The molecule has 0 radical (unpaired) electrons. The zero-order valence-corrected chi connectivity index (χ0v) is 19.0. The summed E-state index contributed by atoms with van der Waals surface area (Å²) in [5.74, 6) is 0.756.